The molecule has 3 unspecified atom stereocenters. The van der Waals surface area contributed by atoms with Gasteiger partial charge in [-0.25, -0.2) is 0 Å². The van der Waals surface area contributed by atoms with Crippen LogP contribution in [0.15, 0.2) is 18.2 Å². The summed E-state index contributed by atoms with van der Waals surface area (Å²) in [5.74, 6) is 1.69. The number of fused-ring (bicyclic) bond motifs is 5. The predicted molar refractivity (Wildman–Crippen MR) is 94.2 cm³/mol. The monoisotopic (exact) mass is 344 g/mol. The topological polar surface area (TPSA) is 66.8 Å². The number of ether oxygens (including phenoxy) is 1. The molecule has 4 heteroatoms. The van der Waals surface area contributed by atoms with Crippen molar-refractivity contribution in [2.75, 3.05) is 7.11 Å². The zero-order chi connectivity index (χ0) is 17.8. The van der Waals surface area contributed by atoms with Crippen molar-refractivity contribution in [3.05, 3.63) is 29.3 Å². The molecule has 2 saturated carbocycles. The number of rotatable bonds is 2. The second kappa shape index (κ2) is 6.01. The normalized spacial score (nSPS) is 39.2. The number of carbonyl (C=O) groups excluding carboxylic acids is 1. The summed E-state index contributed by atoms with van der Waals surface area (Å²) >= 11 is 0. The van der Waals surface area contributed by atoms with Crippen LogP contribution < -0.4 is 0 Å². The molecule has 1 aromatic carbocycles. The maximum atomic E-state index is 12.1. The average Bonchev–Trinajstić information content (AvgIpc) is 2.89. The van der Waals surface area contributed by atoms with Crippen molar-refractivity contribution in [3.8, 4) is 5.75 Å². The maximum Gasteiger partial charge on any atom is 0.305 e. The summed E-state index contributed by atoms with van der Waals surface area (Å²) in [6, 6.07) is 5.71. The Morgan fingerprint density at radius 1 is 1.32 bits per heavy atom. The van der Waals surface area contributed by atoms with E-state index in [4.69, 9.17) is 4.74 Å². The highest BCUT2D eigenvalue weighted by Crippen LogP contribution is 2.63. The van der Waals surface area contributed by atoms with Gasteiger partial charge in [0.2, 0.25) is 0 Å². The molecule has 0 saturated heterocycles. The number of carbonyl (C=O) groups is 1. The van der Waals surface area contributed by atoms with Gasteiger partial charge in [0.1, 0.15) is 5.75 Å². The highest BCUT2D eigenvalue weighted by atomic mass is 16.5. The van der Waals surface area contributed by atoms with Crippen LogP contribution in [0.25, 0.3) is 0 Å². The van der Waals surface area contributed by atoms with Crippen molar-refractivity contribution in [3.63, 3.8) is 0 Å². The molecule has 0 amide bonds. The molecule has 0 bridgehead atoms. The summed E-state index contributed by atoms with van der Waals surface area (Å²) < 4.78 is 4.97. The third-order valence-corrected chi connectivity index (χ3v) is 7.44. The Balaban J connectivity index is 1.76. The van der Waals surface area contributed by atoms with Crippen LogP contribution in [0.4, 0.5) is 0 Å². The Hall–Kier alpha value is -1.55. The highest BCUT2D eigenvalue weighted by molar-refractivity contribution is 5.69. The Labute approximate surface area is 149 Å². The quantitative estimate of drug-likeness (QED) is 0.807. The van der Waals surface area contributed by atoms with E-state index >= 15 is 0 Å². The molecule has 0 aliphatic heterocycles. The fourth-order valence-electron chi connectivity index (χ4n) is 6.34. The third-order valence-electron chi connectivity index (χ3n) is 7.44. The summed E-state index contributed by atoms with van der Waals surface area (Å²) in [4.78, 5) is 12.1. The van der Waals surface area contributed by atoms with Crippen molar-refractivity contribution in [2.45, 2.75) is 57.5 Å². The smallest absolute Gasteiger partial charge is 0.305 e. The summed E-state index contributed by atoms with van der Waals surface area (Å²) in [5, 5.41) is 20.5. The van der Waals surface area contributed by atoms with E-state index < -0.39 is 0 Å². The van der Waals surface area contributed by atoms with E-state index in [2.05, 4.69) is 13.0 Å². The number of aliphatic hydroxyl groups excluding tert-OH is 1. The van der Waals surface area contributed by atoms with Crippen molar-refractivity contribution >= 4 is 5.97 Å². The molecule has 2 N–H and O–H groups in total. The van der Waals surface area contributed by atoms with Gasteiger partial charge in [0.25, 0.3) is 0 Å². The molecule has 4 nitrogen and oxygen atoms in total. The number of methoxy groups -OCH3 is 1. The van der Waals surface area contributed by atoms with Gasteiger partial charge in [-0.2, -0.15) is 0 Å². The number of phenols is 1. The summed E-state index contributed by atoms with van der Waals surface area (Å²) in [5.41, 5.74) is 2.43. The number of esters is 1. The van der Waals surface area contributed by atoms with Crippen molar-refractivity contribution in [1.29, 1.82) is 0 Å². The average molecular weight is 344 g/mol. The van der Waals surface area contributed by atoms with Crippen LogP contribution in [-0.2, 0) is 16.0 Å². The minimum Gasteiger partial charge on any atom is -0.508 e. The van der Waals surface area contributed by atoms with Gasteiger partial charge in [0.05, 0.1) is 13.2 Å². The van der Waals surface area contributed by atoms with Gasteiger partial charge in [-0.15, -0.1) is 0 Å². The van der Waals surface area contributed by atoms with Gasteiger partial charge < -0.3 is 14.9 Å². The van der Waals surface area contributed by atoms with Gasteiger partial charge in [-0.1, -0.05) is 13.0 Å². The van der Waals surface area contributed by atoms with E-state index in [1.165, 1.54) is 18.2 Å². The van der Waals surface area contributed by atoms with Gasteiger partial charge in [-0.05, 0) is 84.5 Å². The highest BCUT2D eigenvalue weighted by Gasteiger charge is 2.57. The van der Waals surface area contributed by atoms with Crippen molar-refractivity contribution in [2.24, 2.45) is 23.2 Å². The van der Waals surface area contributed by atoms with Crippen LogP contribution >= 0.6 is 0 Å². The first-order valence-electron chi connectivity index (χ1n) is 9.50. The lowest BCUT2D eigenvalue weighted by Gasteiger charge is -2.53. The third kappa shape index (κ3) is 2.57. The zero-order valence-corrected chi connectivity index (χ0v) is 15.1. The summed E-state index contributed by atoms with van der Waals surface area (Å²) in [6.07, 6.45) is 5.02. The molecule has 0 heterocycles. The minimum atomic E-state index is -0.264. The number of benzene rings is 1. The Bertz CT molecular complexity index is 684. The molecule has 0 spiro atoms. The first kappa shape index (κ1) is 16.9. The lowest BCUT2D eigenvalue weighted by molar-refractivity contribution is -0.144. The van der Waals surface area contributed by atoms with E-state index in [-0.39, 0.29) is 23.4 Å². The van der Waals surface area contributed by atoms with Crippen molar-refractivity contribution < 1.29 is 19.7 Å². The van der Waals surface area contributed by atoms with Gasteiger partial charge in [0.15, 0.2) is 0 Å². The second-order valence-corrected chi connectivity index (χ2v) is 8.56. The molecule has 1 aromatic rings. The van der Waals surface area contributed by atoms with Crippen LogP contribution in [0.5, 0.6) is 5.75 Å². The first-order valence-corrected chi connectivity index (χ1v) is 9.50. The predicted octanol–water partition coefficient (Wildman–Crippen LogP) is 3.40. The molecule has 4 rings (SSSR count). The molecular weight excluding hydrogens is 316 g/mol. The Morgan fingerprint density at radius 3 is 2.88 bits per heavy atom. The van der Waals surface area contributed by atoms with E-state index in [9.17, 15) is 15.0 Å². The number of phenolic OH excluding ortho intramolecular Hbond substituents is 1. The van der Waals surface area contributed by atoms with E-state index in [0.717, 1.165) is 32.1 Å². The molecule has 0 radical (unpaired) electrons. The lowest BCUT2D eigenvalue weighted by Crippen LogP contribution is -2.48. The van der Waals surface area contributed by atoms with Gasteiger partial charge in [0, 0.05) is 6.42 Å². The number of hydrogen-bond donors (Lipinski definition) is 2. The molecule has 0 aromatic heterocycles. The van der Waals surface area contributed by atoms with Gasteiger partial charge >= 0.3 is 5.97 Å². The van der Waals surface area contributed by atoms with Crippen LogP contribution in [0.3, 0.4) is 0 Å². The van der Waals surface area contributed by atoms with Crippen LogP contribution in [-0.4, -0.2) is 29.4 Å². The summed E-state index contributed by atoms with van der Waals surface area (Å²) in [6.45, 7) is 2.22. The number of aromatic hydroxyl groups is 1. The van der Waals surface area contributed by atoms with Crippen LogP contribution in [0.1, 0.15) is 56.1 Å². The maximum absolute atomic E-state index is 12.1. The van der Waals surface area contributed by atoms with E-state index in [0.29, 0.717) is 29.9 Å². The number of aryl methyl sites for hydroxylation is 1. The fraction of sp³-hybridized carbons (Fsp3) is 0.667. The molecule has 3 aliphatic carbocycles. The fourth-order valence-corrected chi connectivity index (χ4v) is 6.34. The largest absolute Gasteiger partial charge is 0.508 e. The van der Waals surface area contributed by atoms with E-state index in [1.807, 2.05) is 6.07 Å². The molecular formula is C21H28O4. The minimum absolute atomic E-state index is 0.0890. The Kier molecular flexibility index (Phi) is 4.06. The molecule has 3 aliphatic rings. The molecule has 25 heavy (non-hydrogen) atoms. The molecule has 6 atom stereocenters. The number of hydrogen-bond acceptors (Lipinski definition) is 4. The second-order valence-electron chi connectivity index (χ2n) is 8.56. The van der Waals surface area contributed by atoms with Crippen LogP contribution in [0, 0.1) is 23.2 Å². The first-order chi connectivity index (χ1) is 11.9. The van der Waals surface area contributed by atoms with Crippen molar-refractivity contribution in [1.82, 2.24) is 0 Å². The molecule has 136 valence electrons. The summed E-state index contributed by atoms with van der Waals surface area (Å²) in [7, 11) is 1.45. The SMILES string of the molecule is COC(=O)C[C@H]1C[C@@]2(C)C(CC[C@@H]2O)C2CCc3cc(O)ccc3C21. The van der Waals surface area contributed by atoms with E-state index in [1.54, 1.807) is 6.07 Å². The Morgan fingerprint density at radius 2 is 2.12 bits per heavy atom. The number of aliphatic hydroxyl groups is 1. The lowest BCUT2D eigenvalue weighted by atomic mass is 9.51. The zero-order valence-electron chi connectivity index (χ0n) is 15.1. The van der Waals surface area contributed by atoms with Gasteiger partial charge in [-0.3, -0.25) is 4.79 Å². The van der Waals surface area contributed by atoms with Crippen LogP contribution in [0.2, 0.25) is 0 Å². The molecule has 2 fully saturated rings. The standard InChI is InChI=1S/C21H28O4/c1-21-11-13(10-19(24)25-2)20-15-6-4-14(22)9-12(15)3-5-16(20)17(21)7-8-18(21)23/h4,6,9,13,16-18,20,22-23H,3,5,7-8,10-11H2,1-2H3/t13-,16?,17?,18-,20?,21-/m0/s1.